The Hall–Kier alpha value is -2.45. The first-order valence-corrected chi connectivity index (χ1v) is 11.0. The number of rotatable bonds is 4. The molecule has 1 aromatic carbocycles. The predicted molar refractivity (Wildman–Crippen MR) is 112 cm³/mol. The zero-order valence-corrected chi connectivity index (χ0v) is 17.9. The molecule has 2 fully saturated rings. The SMILES string of the molecule is CC1(C2CCN(C(=O)c3cc(Cl)ccc3F)CC2)NC(=O)N(Cc2ccsc2)C1=O. The number of piperidine rings is 1. The lowest BCUT2D eigenvalue weighted by atomic mass is 9.78. The van der Waals surface area contributed by atoms with Crippen LogP contribution in [0.15, 0.2) is 35.0 Å². The van der Waals surface area contributed by atoms with E-state index in [0.717, 1.165) is 5.56 Å². The Bertz CT molecular complexity index is 991. The summed E-state index contributed by atoms with van der Waals surface area (Å²) < 4.78 is 14.0. The third-order valence-electron chi connectivity index (χ3n) is 5.98. The van der Waals surface area contributed by atoms with E-state index in [2.05, 4.69) is 5.32 Å². The van der Waals surface area contributed by atoms with Gasteiger partial charge in [0, 0.05) is 18.1 Å². The van der Waals surface area contributed by atoms with Gasteiger partial charge in [-0.15, -0.1) is 0 Å². The van der Waals surface area contributed by atoms with Crippen LogP contribution < -0.4 is 5.32 Å². The van der Waals surface area contributed by atoms with E-state index in [0.29, 0.717) is 31.0 Å². The number of amides is 4. The Labute approximate surface area is 182 Å². The van der Waals surface area contributed by atoms with Gasteiger partial charge in [-0.1, -0.05) is 11.6 Å². The highest BCUT2D eigenvalue weighted by atomic mass is 35.5. The van der Waals surface area contributed by atoms with Crippen molar-refractivity contribution in [2.24, 2.45) is 5.92 Å². The van der Waals surface area contributed by atoms with Gasteiger partial charge in [0.25, 0.3) is 11.8 Å². The first kappa shape index (κ1) is 20.8. The van der Waals surface area contributed by atoms with Crippen molar-refractivity contribution >= 4 is 40.8 Å². The average Bonchev–Trinajstić information content (AvgIpc) is 3.32. The van der Waals surface area contributed by atoms with Crippen molar-refractivity contribution in [1.29, 1.82) is 0 Å². The molecular formula is C21H21ClFN3O3S. The molecule has 9 heteroatoms. The van der Waals surface area contributed by atoms with Crippen molar-refractivity contribution < 1.29 is 18.8 Å². The number of urea groups is 1. The van der Waals surface area contributed by atoms with Gasteiger partial charge >= 0.3 is 6.03 Å². The van der Waals surface area contributed by atoms with E-state index in [1.165, 1.54) is 34.4 Å². The molecule has 158 valence electrons. The number of thiophene rings is 1. The van der Waals surface area contributed by atoms with Crippen LogP contribution in [0.1, 0.15) is 35.7 Å². The van der Waals surface area contributed by atoms with Crippen LogP contribution in [0.25, 0.3) is 0 Å². The Kier molecular flexibility index (Phi) is 5.55. The number of nitrogens with one attached hydrogen (secondary N) is 1. The molecule has 0 saturated carbocycles. The van der Waals surface area contributed by atoms with Gasteiger partial charge in [-0.2, -0.15) is 11.3 Å². The molecule has 6 nitrogen and oxygen atoms in total. The summed E-state index contributed by atoms with van der Waals surface area (Å²) in [6.45, 7) is 2.74. The van der Waals surface area contributed by atoms with Crippen LogP contribution in [0.3, 0.4) is 0 Å². The Morgan fingerprint density at radius 1 is 1.30 bits per heavy atom. The molecule has 2 aliphatic rings. The fourth-order valence-corrected chi connectivity index (χ4v) is 5.02. The minimum Gasteiger partial charge on any atom is -0.339 e. The first-order chi connectivity index (χ1) is 14.3. The highest BCUT2D eigenvalue weighted by molar-refractivity contribution is 7.07. The highest BCUT2D eigenvalue weighted by Gasteiger charge is 2.52. The van der Waals surface area contributed by atoms with E-state index in [1.807, 2.05) is 16.8 Å². The van der Waals surface area contributed by atoms with Crippen LogP contribution in [0.2, 0.25) is 5.02 Å². The van der Waals surface area contributed by atoms with Gasteiger partial charge in [0.15, 0.2) is 0 Å². The van der Waals surface area contributed by atoms with Gasteiger partial charge in [-0.05, 0) is 66.3 Å². The standard InChI is InChI=1S/C21H21ClFN3O3S/c1-21(19(28)26(20(29)24-21)11-13-6-9-30-12-13)14-4-7-25(8-5-14)18(27)16-10-15(22)2-3-17(16)23/h2-3,6,9-10,12,14H,4-5,7-8,11H2,1H3,(H,24,29). The maximum absolute atomic E-state index is 14.0. The zero-order chi connectivity index (χ0) is 21.5. The molecule has 0 aliphatic carbocycles. The van der Waals surface area contributed by atoms with Crippen molar-refractivity contribution in [3.05, 3.63) is 57.0 Å². The van der Waals surface area contributed by atoms with Crippen molar-refractivity contribution in [2.45, 2.75) is 31.8 Å². The molecule has 3 heterocycles. The molecule has 2 saturated heterocycles. The smallest absolute Gasteiger partial charge is 0.325 e. The van der Waals surface area contributed by atoms with Crippen LogP contribution in [-0.2, 0) is 11.3 Å². The zero-order valence-electron chi connectivity index (χ0n) is 16.4. The molecule has 0 radical (unpaired) electrons. The number of benzene rings is 1. The molecule has 1 aromatic heterocycles. The van der Waals surface area contributed by atoms with E-state index in [4.69, 9.17) is 11.6 Å². The molecule has 30 heavy (non-hydrogen) atoms. The molecule has 2 aliphatic heterocycles. The molecular weight excluding hydrogens is 429 g/mol. The molecule has 1 N–H and O–H groups in total. The summed E-state index contributed by atoms with van der Waals surface area (Å²) in [5.74, 6) is -1.39. The number of nitrogens with zero attached hydrogens (tertiary/aromatic N) is 2. The summed E-state index contributed by atoms with van der Waals surface area (Å²) in [4.78, 5) is 41.1. The number of carbonyl (C=O) groups is 3. The quantitative estimate of drug-likeness (QED) is 0.719. The molecule has 1 atom stereocenters. The maximum Gasteiger partial charge on any atom is 0.325 e. The normalized spacial score (nSPS) is 22.5. The number of halogens is 2. The molecule has 4 amide bonds. The highest BCUT2D eigenvalue weighted by Crippen LogP contribution is 2.34. The van der Waals surface area contributed by atoms with Gasteiger partial charge in [0.05, 0.1) is 12.1 Å². The van der Waals surface area contributed by atoms with E-state index >= 15 is 0 Å². The summed E-state index contributed by atoms with van der Waals surface area (Å²) in [7, 11) is 0. The number of likely N-dealkylation sites (tertiary alicyclic amines) is 1. The largest absolute Gasteiger partial charge is 0.339 e. The fourth-order valence-electron chi connectivity index (χ4n) is 4.19. The second kappa shape index (κ2) is 8.00. The molecule has 4 rings (SSSR count). The number of carbonyl (C=O) groups excluding carboxylic acids is 3. The first-order valence-electron chi connectivity index (χ1n) is 9.69. The number of hydrogen-bond acceptors (Lipinski definition) is 4. The Morgan fingerprint density at radius 3 is 2.70 bits per heavy atom. The lowest BCUT2D eigenvalue weighted by molar-refractivity contribution is -0.133. The second-order valence-corrected chi connectivity index (χ2v) is 9.06. The molecule has 2 aromatic rings. The lowest BCUT2D eigenvalue weighted by Crippen LogP contribution is -2.54. The van der Waals surface area contributed by atoms with E-state index < -0.39 is 23.3 Å². The van der Waals surface area contributed by atoms with Crippen LogP contribution in [0.4, 0.5) is 9.18 Å². The van der Waals surface area contributed by atoms with Gasteiger partial charge in [-0.25, -0.2) is 9.18 Å². The number of imide groups is 1. The van der Waals surface area contributed by atoms with E-state index in [9.17, 15) is 18.8 Å². The van der Waals surface area contributed by atoms with E-state index in [1.54, 1.807) is 11.8 Å². The summed E-state index contributed by atoms with van der Waals surface area (Å²) in [6, 6.07) is 5.40. The van der Waals surface area contributed by atoms with Gasteiger partial charge < -0.3 is 10.2 Å². The molecule has 0 bridgehead atoms. The average molecular weight is 450 g/mol. The Morgan fingerprint density at radius 2 is 2.03 bits per heavy atom. The van der Waals surface area contributed by atoms with Crippen molar-refractivity contribution in [3.8, 4) is 0 Å². The van der Waals surface area contributed by atoms with Gasteiger partial charge in [-0.3, -0.25) is 14.5 Å². The fraction of sp³-hybridized carbons (Fsp3) is 0.381. The molecule has 0 spiro atoms. The van der Waals surface area contributed by atoms with Crippen molar-refractivity contribution in [2.75, 3.05) is 13.1 Å². The third kappa shape index (κ3) is 3.70. The van der Waals surface area contributed by atoms with Crippen LogP contribution in [0.5, 0.6) is 0 Å². The summed E-state index contributed by atoms with van der Waals surface area (Å²) in [5.41, 5.74) is -0.153. The van der Waals surface area contributed by atoms with Crippen LogP contribution in [-0.4, -0.2) is 46.3 Å². The minimum absolute atomic E-state index is 0.0562. The Balaban J connectivity index is 1.43. The predicted octanol–water partition coefficient (Wildman–Crippen LogP) is 3.90. The van der Waals surface area contributed by atoms with Crippen molar-refractivity contribution in [3.63, 3.8) is 0 Å². The topological polar surface area (TPSA) is 69.7 Å². The van der Waals surface area contributed by atoms with E-state index in [-0.39, 0.29) is 23.9 Å². The van der Waals surface area contributed by atoms with Crippen LogP contribution >= 0.6 is 22.9 Å². The lowest BCUT2D eigenvalue weighted by Gasteiger charge is -2.39. The second-order valence-electron chi connectivity index (χ2n) is 7.85. The summed E-state index contributed by atoms with van der Waals surface area (Å²) in [6.07, 6.45) is 1.06. The maximum atomic E-state index is 14.0. The number of hydrogen-bond donors (Lipinski definition) is 1. The van der Waals surface area contributed by atoms with Gasteiger partial charge in [0.1, 0.15) is 11.4 Å². The minimum atomic E-state index is -1.01. The van der Waals surface area contributed by atoms with Crippen LogP contribution in [0, 0.1) is 11.7 Å². The molecule has 1 unspecified atom stereocenters. The summed E-state index contributed by atoms with van der Waals surface area (Å²) >= 11 is 7.42. The third-order valence-corrected chi connectivity index (χ3v) is 6.95. The monoisotopic (exact) mass is 449 g/mol. The van der Waals surface area contributed by atoms with Crippen molar-refractivity contribution in [1.82, 2.24) is 15.1 Å². The summed E-state index contributed by atoms with van der Waals surface area (Å²) in [5, 5.41) is 6.98. The van der Waals surface area contributed by atoms with Gasteiger partial charge in [0.2, 0.25) is 0 Å².